The summed E-state index contributed by atoms with van der Waals surface area (Å²) in [6.07, 6.45) is 6.59. The molecule has 1 saturated carbocycles. The van der Waals surface area contributed by atoms with E-state index in [0.717, 1.165) is 11.8 Å². The predicted molar refractivity (Wildman–Crippen MR) is 58.2 cm³/mol. The Labute approximate surface area is 90.7 Å². The molecule has 3 heteroatoms. The second-order valence-corrected chi connectivity index (χ2v) is 4.79. The van der Waals surface area contributed by atoms with Crippen LogP contribution in [0.25, 0.3) is 0 Å². The van der Waals surface area contributed by atoms with E-state index in [-0.39, 0.29) is 0 Å². The maximum atomic E-state index is 10.5. The highest BCUT2D eigenvalue weighted by Gasteiger charge is 2.49. The van der Waals surface area contributed by atoms with Crippen LogP contribution in [-0.2, 0) is 4.74 Å². The molecule has 1 amide bonds. The molecule has 2 N–H and O–H groups in total. The third-order valence-electron chi connectivity index (χ3n) is 3.79. The van der Waals surface area contributed by atoms with Crippen LogP contribution < -0.4 is 5.73 Å². The van der Waals surface area contributed by atoms with Gasteiger partial charge in [0.15, 0.2) is 0 Å². The Kier molecular flexibility index (Phi) is 2.98. The van der Waals surface area contributed by atoms with E-state index in [1.165, 1.54) is 31.3 Å². The number of hydrogen-bond acceptors (Lipinski definition) is 2. The summed E-state index contributed by atoms with van der Waals surface area (Å²) in [7, 11) is 0. The first-order valence-corrected chi connectivity index (χ1v) is 5.76. The number of fused-ring (bicyclic) bond motifs is 1. The van der Waals surface area contributed by atoms with Gasteiger partial charge in [-0.15, -0.1) is 0 Å². The molecule has 1 fully saturated rings. The third kappa shape index (κ3) is 2.52. The Hall–Kier alpha value is -0.990. The van der Waals surface area contributed by atoms with Crippen molar-refractivity contribution in [1.29, 1.82) is 0 Å². The molecule has 0 bridgehead atoms. The van der Waals surface area contributed by atoms with E-state index in [4.69, 9.17) is 10.5 Å². The largest absolute Gasteiger partial charge is 0.449 e. The van der Waals surface area contributed by atoms with E-state index in [2.05, 4.69) is 13.0 Å². The molecule has 0 heterocycles. The van der Waals surface area contributed by atoms with E-state index in [1.54, 1.807) is 0 Å². The smallest absolute Gasteiger partial charge is 0.404 e. The van der Waals surface area contributed by atoms with Crippen LogP contribution in [0.15, 0.2) is 11.6 Å². The van der Waals surface area contributed by atoms with Gasteiger partial charge in [-0.2, -0.15) is 0 Å². The highest BCUT2D eigenvalue weighted by molar-refractivity contribution is 5.64. The van der Waals surface area contributed by atoms with Crippen LogP contribution >= 0.6 is 0 Å². The van der Waals surface area contributed by atoms with Crippen LogP contribution in [0.2, 0.25) is 0 Å². The molecule has 15 heavy (non-hydrogen) atoms. The normalized spacial score (nSPS) is 37.9. The van der Waals surface area contributed by atoms with Gasteiger partial charge in [-0.1, -0.05) is 11.6 Å². The van der Waals surface area contributed by atoms with Gasteiger partial charge in [0.1, 0.15) is 0 Å². The van der Waals surface area contributed by atoms with E-state index >= 15 is 0 Å². The van der Waals surface area contributed by atoms with Crippen molar-refractivity contribution >= 4 is 6.09 Å². The van der Waals surface area contributed by atoms with Crippen molar-refractivity contribution < 1.29 is 9.53 Å². The average molecular weight is 209 g/mol. The molecule has 0 aromatic rings. The molecule has 0 spiro atoms. The van der Waals surface area contributed by atoms with Crippen LogP contribution in [-0.4, -0.2) is 12.7 Å². The number of carbonyl (C=O) groups excluding carboxylic acids is 1. The van der Waals surface area contributed by atoms with Crippen LogP contribution in [0.5, 0.6) is 0 Å². The second kappa shape index (κ2) is 4.25. The zero-order chi connectivity index (χ0) is 10.8. The number of carbonyl (C=O) groups is 1. The van der Waals surface area contributed by atoms with Gasteiger partial charge in [0.05, 0.1) is 6.61 Å². The lowest BCUT2D eigenvalue weighted by Crippen LogP contribution is -2.15. The van der Waals surface area contributed by atoms with Gasteiger partial charge in [-0.25, -0.2) is 4.79 Å². The number of allylic oxidation sites excluding steroid dienone is 2. The van der Waals surface area contributed by atoms with Gasteiger partial charge in [-0.05, 0) is 50.4 Å². The average Bonchev–Trinajstić information content (AvgIpc) is 2.80. The van der Waals surface area contributed by atoms with Crippen LogP contribution in [0.1, 0.15) is 32.6 Å². The summed E-state index contributed by atoms with van der Waals surface area (Å²) in [5.74, 6) is 2.12. The van der Waals surface area contributed by atoms with Crippen molar-refractivity contribution in [2.75, 3.05) is 6.61 Å². The SMILES string of the molecule is C/C1=C/CCC2C(CC1)[C@@H]2COC(N)=O. The summed E-state index contributed by atoms with van der Waals surface area (Å²) in [4.78, 5) is 10.5. The van der Waals surface area contributed by atoms with Gasteiger partial charge in [0.25, 0.3) is 0 Å². The Bertz CT molecular complexity index is 285. The van der Waals surface area contributed by atoms with Crippen LogP contribution in [0.3, 0.4) is 0 Å². The van der Waals surface area contributed by atoms with Gasteiger partial charge in [0.2, 0.25) is 0 Å². The third-order valence-corrected chi connectivity index (χ3v) is 3.79. The van der Waals surface area contributed by atoms with Gasteiger partial charge < -0.3 is 10.5 Å². The summed E-state index contributed by atoms with van der Waals surface area (Å²) < 4.78 is 4.89. The number of ether oxygens (including phenoxy) is 1. The number of amides is 1. The summed E-state index contributed by atoms with van der Waals surface area (Å²) >= 11 is 0. The lowest BCUT2D eigenvalue weighted by Gasteiger charge is -2.05. The molecule has 0 radical (unpaired) electrons. The molecule has 84 valence electrons. The van der Waals surface area contributed by atoms with Crippen molar-refractivity contribution in [2.45, 2.75) is 32.6 Å². The molecule has 2 unspecified atom stereocenters. The molecule has 0 saturated heterocycles. The summed E-state index contributed by atoms with van der Waals surface area (Å²) in [5.41, 5.74) is 6.48. The molecule has 3 atom stereocenters. The van der Waals surface area contributed by atoms with Crippen molar-refractivity contribution in [3.63, 3.8) is 0 Å². The minimum absolute atomic E-state index is 0.531. The number of primary amides is 1. The summed E-state index contributed by atoms with van der Waals surface area (Å²) in [6.45, 7) is 2.74. The molecular weight excluding hydrogens is 190 g/mol. The van der Waals surface area contributed by atoms with E-state index in [1.807, 2.05) is 0 Å². The molecule has 3 nitrogen and oxygen atoms in total. The lowest BCUT2D eigenvalue weighted by atomic mass is 10.0. The molecule has 0 aliphatic heterocycles. The van der Waals surface area contributed by atoms with E-state index in [9.17, 15) is 4.79 Å². The topological polar surface area (TPSA) is 52.3 Å². The van der Waals surface area contributed by atoms with Gasteiger partial charge in [-0.3, -0.25) is 0 Å². The van der Waals surface area contributed by atoms with Crippen LogP contribution in [0.4, 0.5) is 4.79 Å². The van der Waals surface area contributed by atoms with E-state index in [0.29, 0.717) is 12.5 Å². The quantitative estimate of drug-likeness (QED) is 0.710. The van der Waals surface area contributed by atoms with Crippen LogP contribution in [0, 0.1) is 17.8 Å². The lowest BCUT2D eigenvalue weighted by molar-refractivity contribution is 0.147. The molecule has 2 rings (SSSR count). The minimum Gasteiger partial charge on any atom is -0.449 e. The maximum Gasteiger partial charge on any atom is 0.404 e. The Morgan fingerprint density at radius 1 is 1.53 bits per heavy atom. The fraction of sp³-hybridized carbons (Fsp3) is 0.750. The molecule has 2 aliphatic rings. The Balaban J connectivity index is 1.81. The van der Waals surface area contributed by atoms with Crippen molar-refractivity contribution in [3.8, 4) is 0 Å². The standard InChI is InChI=1S/C12H19NO2/c1-8-3-2-4-9-10(6-5-8)11(9)7-15-12(13)14/h3,9-11H,2,4-7H2,1H3,(H2,13,14)/b8-3-/t9?,10?,11-/m1/s1. The number of hydrogen-bond donors (Lipinski definition) is 1. The predicted octanol–water partition coefficient (Wildman–Crippen LogP) is 2.46. The fourth-order valence-corrected chi connectivity index (χ4v) is 2.82. The van der Waals surface area contributed by atoms with E-state index < -0.39 is 6.09 Å². The first-order valence-electron chi connectivity index (χ1n) is 5.76. The second-order valence-electron chi connectivity index (χ2n) is 4.79. The van der Waals surface area contributed by atoms with Crippen molar-refractivity contribution in [2.24, 2.45) is 23.5 Å². The molecule has 2 aliphatic carbocycles. The summed E-state index contributed by atoms with van der Waals surface area (Å²) in [6, 6.07) is 0. The maximum absolute atomic E-state index is 10.5. The zero-order valence-corrected chi connectivity index (χ0v) is 9.24. The Morgan fingerprint density at radius 3 is 3.00 bits per heavy atom. The monoisotopic (exact) mass is 209 g/mol. The Morgan fingerprint density at radius 2 is 2.27 bits per heavy atom. The van der Waals surface area contributed by atoms with Gasteiger partial charge in [0, 0.05) is 0 Å². The fourth-order valence-electron chi connectivity index (χ4n) is 2.82. The first-order chi connectivity index (χ1) is 7.18. The molecule has 0 aromatic carbocycles. The van der Waals surface area contributed by atoms with Gasteiger partial charge >= 0.3 is 6.09 Å². The van der Waals surface area contributed by atoms with Crippen molar-refractivity contribution in [1.82, 2.24) is 0 Å². The number of rotatable bonds is 2. The highest BCUT2D eigenvalue weighted by atomic mass is 16.5. The first kappa shape index (κ1) is 10.5. The van der Waals surface area contributed by atoms with Crippen molar-refractivity contribution in [3.05, 3.63) is 11.6 Å². The zero-order valence-electron chi connectivity index (χ0n) is 9.24. The molecular formula is C12H19NO2. The summed E-state index contributed by atoms with van der Waals surface area (Å²) in [5, 5.41) is 0. The number of nitrogens with two attached hydrogens (primary N) is 1. The highest BCUT2D eigenvalue weighted by Crippen LogP contribution is 2.53. The minimum atomic E-state index is -0.636. The molecule has 0 aromatic heterocycles.